The fraction of sp³-hybridized carbons (Fsp3) is 0.571. The first-order chi connectivity index (χ1) is 10.0. The lowest BCUT2D eigenvalue weighted by molar-refractivity contribution is -0.205. The highest BCUT2D eigenvalue weighted by Crippen LogP contribution is 2.22. The van der Waals surface area contributed by atoms with Crippen LogP contribution >= 0.6 is 0 Å². The van der Waals surface area contributed by atoms with Gasteiger partial charge >= 0.3 is 12.2 Å². The van der Waals surface area contributed by atoms with Crippen LogP contribution in [0.15, 0.2) is 24.5 Å². The maximum absolute atomic E-state index is 12.3. The van der Waals surface area contributed by atoms with Crippen molar-refractivity contribution in [3.63, 3.8) is 0 Å². The van der Waals surface area contributed by atoms with E-state index in [4.69, 9.17) is 5.11 Å². The Morgan fingerprint density at radius 1 is 1.36 bits per heavy atom. The summed E-state index contributed by atoms with van der Waals surface area (Å²) in [7, 11) is 1.20. The second-order valence-electron chi connectivity index (χ2n) is 5.72. The summed E-state index contributed by atoms with van der Waals surface area (Å²) in [6, 6.07) is 2.94. The Balaban J connectivity index is 2.55. The Labute approximate surface area is 127 Å². The molecular weight excluding hydrogens is 299 g/mol. The number of amides is 2. The molecule has 1 aromatic heterocycles. The number of carbonyl (C=O) groups is 1. The summed E-state index contributed by atoms with van der Waals surface area (Å²) in [6.07, 6.45) is -4.04. The molecule has 1 atom stereocenters. The van der Waals surface area contributed by atoms with Crippen LogP contribution < -0.4 is 5.32 Å². The van der Waals surface area contributed by atoms with Crippen LogP contribution in [0.1, 0.15) is 19.4 Å². The van der Waals surface area contributed by atoms with Crippen molar-refractivity contribution in [1.29, 1.82) is 0 Å². The van der Waals surface area contributed by atoms with Gasteiger partial charge in [0.05, 0.1) is 6.54 Å². The van der Waals surface area contributed by atoms with Crippen LogP contribution in [0.5, 0.6) is 0 Å². The largest absolute Gasteiger partial charge is 0.416 e. The summed E-state index contributed by atoms with van der Waals surface area (Å²) in [5, 5.41) is 11.5. The van der Waals surface area contributed by atoms with Crippen molar-refractivity contribution in [2.75, 3.05) is 20.1 Å². The molecule has 124 valence electrons. The van der Waals surface area contributed by atoms with E-state index in [1.165, 1.54) is 7.05 Å². The zero-order valence-corrected chi connectivity index (χ0v) is 12.7. The van der Waals surface area contributed by atoms with Gasteiger partial charge in [-0.1, -0.05) is 13.8 Å². The van der Waals surface area contributed by atoms with Crippen molar-refractivity contribution in [3.05, 3.63) is 30.1 Å². The van der Waals surface area contributed by atoms with E-state index in [0.29, 0.717) is 0 Å². The number of alkyl halides is 3. The summed E-state index contributed by atoms with van der Waals surface area (Å²) in [5.41, 5.74) is 0.544. The van der Waals surface area contributed by atoms with E-state index in [9.17, 15) is 18.0 Å². The van der Waals surface area contributed by atoms with Gasteiger partial charge in [0.2, 0.25) is 0 Å². The van der Waals surface area contributed by atoms with Crippen LogP contribution in [0.25, 0.3) is 0 Å². The fourth-order valence-corrected chi connectivity index (χ4v) is 1.78. The Bertz CT molecular complexity index is 492. The molecular formula is C14H20F3N3O2. The molecule has 1 aromatic rings. The lowest BCUT2D eigenvalue weighted by atomic mass is 9.85. The number of nitrogens with one attached hydrogen (secondary N) is 1. The summed E-state index contributed by atoms with van der Waals surface area (Å²) in [5.74, 6) is 0. The lowest BCUT2D eigenvalue weighted by Crippen LogP contribution is -2.47. The third-order valence-corrected chi connectivity index (χ3v) is 3.31. The van der Waals surface area contributed by atoms with E-state index in [1.54, 1.807) is 12.4 Å². The third kappa shape index (κ3) is 5.18. The SMILES string of the molecule is CN(C[C@H](O)C(F)(F)F)C(=O)NCC(C)(C)c1ccncc1. The highest BCUT2D eigenvalue weighted by molar-refractivity contribution is 5.74. The average molecular weight is 319 g/mol. The summed E-state index contributed by atoms with van der Waals surface area (Å²) >= 11 is 0. The highest BCUT2D eigenvalue weighted by Gasteiger charge is 2.39. The summed E-state index contributed by atoms with van der Waals surface area (Å²) in [4.78, 5) is 16.5. The molecule has 1 rings (SSSR count). The molecule has 0 fully saturated rings. The number of urea groups is 1. The Morgan fingerprint density at radius 2 is 1.91 bits per heavy atom. The second-order valence-corrected chi connectivity index (χ2v) is 5.72. The predicted molar refractivity (Wildman–Crippen MR) is 75.4 cm³/mol. The maximum Gasteiger partial charge on any atom is 0.416 e. The molecule has 0 unspecified atom stereocenters. The molecule has 0 aromatic carbocycles. The average Bonchev–Trinajstić information content (AvgIpc) is 2.44. The van der Waals surface area contributed by atoms with Crippen LogP contribution in [0, 0.1) is 0 Å². The van der Waals surface area contributed by atoms with Gasteiger partial charge in [-0.25, -0.2) is 4.79 Å². The van der Waals surface area contributed by atoms with Crippen molar-refractivity contribution in [2.45, 2.75) is 31.5 Å². The molecule has 0 saturated carbocycles. The maximum atomic E-state index is 12.3. The van der Waals surface area contributed by atoms with Crippen molar-refractivity contribution in [1.82, 2.24) is 15.2 Å². The number of carbonyl (C=O) groups excluding carboxylic acids is 1. The molecule has 0 aliphatic carbocycles. The molecule has 0 aliphatic heterocycles. The Kier molecular flexibility index (Phi) is 5.76. The Hall–Kier alpha value is -1.83. The molecule has 22 heavy (non-hydrogen) atoms. The molecule has 0 aliphatic rings. The van der Waals surface area contributed by atoms with Crippen molar-refractivity contribution in [3.8, 4) is 0 Å². The number of aliphatic hydroxyl groups is 1. The number of hydrogen-bond donors (Lipinski definition) is 2. The minimum atomic E-state index is -4.75. The monoisotopic (exact) mass is 319 g/mol. The minimum absolute atomic E-state index is 0.238. The number of aromatic nitrogens is 1. The lowest BCUT2D eigenvalue weighted by Gasteiger charge is -2.28. The van der Waals surface area contributed by atoms with E-state index < -0.39 is 30.3 Å². The van der Waals surface area contributed by atoms with E-state index in [0.717, 1.165) is 10.5 Å². The normalized spacial score (nSPS) is 13.6. The number of halogens is 3. The van der Waals surface area contributed by atoms with Crippen LogP contribution in [0.4, 0.5) is 18.0 Å². The number of rotatable bonds is 5. The highest BCUT2D eigenvalue weighted by atomic mass is 19.4. The van der Waals surface area contributed by atoms with E-state index in [2.05, 4.69) is 10.3 Å². The first-order valence-electron chi connectivity index (χ1n) is 6.68. The fourth-order valence-electron chi connectivity index (χ4n) is 1.78. The van der Waals surface area contributed by atoms with Gasteiger partial charge in [0.25, 0.3) is 0 Å². The molecule has 0 saturated heterocycles. The summed E-state index contributed by atoms with van der Waals surface area (Å²) in [6.45, 7) is 3.22. The molecule has 0 bridgehead atoms. The van der Waals surface area contributed by atoms with E-state index in [1.807, 2.05) is 26.0 Å². The van der Waals surface area contributed by atoms with Crippen LogP contribution in [-0.2, 0) is 5.41 Å². The molecule has 0 spiro atoms. The summed E-state index contributed by atoms with van der Waals surface area (Å²) < 4.78 is 36.8. The first-order valence-corrected chi connectivity index (χ1v) is 6.68. The molecule has 2 N–H and O–H groups in total. The van der Waals surface area contributed by atoms with Gasteiger partial charge in [-0.3, -0.25) is 4.98 Å². The predicted octanol–water partition coefficient (Wildman–Crippen LogP) is 1.92. The standard InChI is InChI=1S/C14H20F3N3O2/c1-13(2,10-4-6-18-7-5-10)9-19-12(22)20(3)8-11(21)14(15,16)17/h4-7,11,21H,8-9H2,1-3H3,(H,19,22)/t11-/m0/s1. The van der Waals surface area contributed by atoms with Gasteiger partial charge in [-0.2, -0.15) is 13.2 Å². The second kappa shape index (κ2) is 6.95. The quantitative estimate of drug-likeness (QED) is 0.871. The number of nitrogens with zero attached hydrogens (tertiary/aromatic N) is 2. The molecule has 5 nitrogen and oxygen atoms in total. The Morgan fingerprint density at radius 3 is 2.41 bits per heavy atom. The molecule has 2 amide bonds. The smallest absolute Gasteiger partial charge is 0.382 e. The van der Waals surface area contributed by atoms with Gasteiger partial charge in [0.15, 0.2) is 6.10 Å². The van der Waals surface area contributed by atoms with Gasteiger partial charge in [0.1, 0.15) is 0 Å². The zero-order valence-electron chi connectivity index (χ0n) is 12.7. The van der Waals surface area contributed by atoms with Crippen molar-refractivity contribution < 1.29 is 23.1 Å². The van der Waals surface area contributed by atoms with Crippen molar-refractivity contribution in [2.24, 2.45) is 0 Å². The number of pyridine rings is 1. The van der Waals surface area contributed by atoms with E-state index >= 15 is 0 Å². The topological polar surface area (TPSA) is 65.5 Å². The van der Waals surface area contributed by atoms with Gasteiger partial charge in [0, 0.05) is 31.4 Å². The molecule has 1 heterocycles. The number of hydrogen-bond acceptors (Lipinski definition) is 3. The van der Waals surface area contributed by atoms with Gasteiger partial charge in [-0.05, 0) is 17.7 Å². The van der Waals surface area contributed by atoms with Crippen LogP contribution in [0.3, 0.4) is 0 Å². The van der Waals surface area contributed by atoms with Gasteiger partial charge < -0.3 is 15.3 Å². The van der Waals surface area contributed by atoms with Gasteiger partial charge in [-0.15, -0.1) is 0 Å². The minimum Gasteiger partial charge on any atom is -0.382 e. The molecule has 0 radical (unpaired) electrons. The number of aliphatic hydroxyl groups excluding tert-OH is 1. The third-order valence-electron chi connectivity index (χ3n) is 3.31. The zero-order chi connectivity index (χ0) is 17.0. The van der Waals surface area contributed by atoms with Crippen LogP contribution in [0.2, 0.25) is 0 Å². The van der Waals surface area contributed by atoms with Crippen LogP contribution in [-0.4, -0.2) is 53.4 Å². The molecule has 8 heteroatoms. The van der Waals surface area contributed by atoms with Crippen molar-refractivity contribution >= 4 is 6.03 Å². The number of likely N-dealkylation sites (N-methyl/N-ethyl adjacent to an activating group) is 1. The first kappa shape index (κ1) is 18.2. The van der Waals surface area contributed by atoms with E-state index in [-0.39, 0.29) is 6.54 Å².